The highest BCUT2D eigenvalue weighted by Crippen LogP contribution is 2.32. The van der Waals surface area contributed by atoms with Gasteiger partial charge in [0.05, 0.1) is 4.90 Å². The van der Waals surface area contributed by atoms with Gasteiger partial charge in [-0.3, -0.25) is 9.62 Å². The number of benzene rings is 2. The summed E-state index contributed by atoms with van der Waals surface area (Å²) in [6.07, 6.45) is 4.92. The number of likely N-dealkylation sites (tertiary alicyclic amines) is 1. The molecule has 29 heavy (non-hydrogen) atoms. The largest absolute Gasteiger partial charge is 0.292 e. The highest BCUT2D eigenvalue weighted by Gasteiger charge is 2.25. The van der Waals surface area contributed by atoms with Gasteiger partial charge in [0.25, 0.3) is 10.0 Å². The van der Waals surface area contributed by atoms with Gasteiger partial charge in [-0.05, 0) is 55.1 Å². The number of nitrogens with zero attached hydrogens (tertiary/aromatic N) is 3. The Hall–Kier alpha value is -2.29. The topological polar surface area (TPSA) is 75.2 Å². The molecule has 0 amide bonds. The van der Waals surface area contributed by atoms with Crippen molar-refractivity contribution in [1.29, 1.82) is 0 Å². The molecule has 1 saturated heterocycles. The summed E-state index contributed by atoms with van der Waals surface area (Å²) in [7, 11) is -3.67. The molecule has 152 valence electrons. The van der Waals surface area contributed by atoms with Crippen LogP contribution < -0.4 is 4.72 Å². The fourth-order valence-electron chi connectivity index (χ4n) is 3.86. The van der Waals surface area contributed by atoms with Gasteiger partial charge in [-0.1, -0.05) is 42.8 Å². The minimum atomic E-state index is -3.67. The summed E-state index contributed by atoms with van der Waals surface area (Å²) in [5, 5.41) is 0.269. The molecule has 1 N–H and O–H groups in total. The van der Waals surface area contributed by atoms with Gasteiger partial charge in [0.15, 0.2) is 0 Å². The normalized spacial score (nSPS) is 17.9. The highest BCUT2D eigenvalue weighted by molar-refractivity contribution is 7.93. The third-order valence-corrected chi connectivity index (χ3v) is 7.42. The Bertz CT molecular complexity index is 1050. The molecule has 2 heterocycles. The highest BCUT2D eigenvalue weighted by atomic mass is 32.2. The molecule has 0 radical (unpaired) electrons. The first-order valence-electron chi connectivity index (χ1n) is 9.71. The number of aromatic nitrogens is 2. The second-order valence-corrected chi connectivity index (χ2v) is 9.80. The third kappa shape index (κ3) is 4.66. The molecule has 1 atom stereocenters. The van der Waals surface area contributed by atoms with Crippen LogP contribution in [-0.2, 0) is 16.6 Å². The van der Waals surface area contributed by atoms with Crippen LogP contribution in [0.15, 0.2) is 59.8 Å². The van der Waals surface area contributed by atoms with Crippen LogP contribution in [0, 0.1) is 6.92 Å². The van der Waals surface area contributed by atoms with Crippen molar-refractivity contribution in [2.24, 2.45) is 0 Å². The van der Waals surface area contributed by atoms with Gasteiger partial charge in [-0.25, -0.2) is 13.4 Å². The zero-order valence-electron chi connectivity index (χ0n) is 16.3. The molecule has 0 unspecified atom stereocenters. The Morgan fingerprint density at radius 1 is 1.17 bits per heavy atom. The lowest BCUT2D eigenvalue weighted by Crippen LogP contribution is -2.33. The average Bonchev–Trinajstić information content (AvgIpc) is 3.23. The maximum atomic E-state index is 12.6. The van der Waals surface area contributed by atoms with E-state index in [1.54, 1.807) is 12.1 Å². The number of sulfonamides is 1. The predicted molar refractivity (Wildman–Crippen MR) is 115 cm³/mol. The lowest BCUT2D eigenvalue weighted by molar-refractivity contribution is 0.140. The van der Waals surface area contributed by atoms with E-state index >= 15 is 0 Å². The van der Waals surface area contributed by atoms with Gasteiger partial charge in [0.1, 0.15) is 6.33 Å². The Balaban J connectivity index is 1.53. The van der Waals surface area contributed by atoms with Crippen molar-refractivity contribution >= 4 is 26.7 Å². The summed E-state index contributed by atoms with van der Waals surface area (Å²) in [6.45, 7) is 3.84. The standard InChI is InChI=1S/C21H24N4O2S2/c1-16-13-19(29(26,27)24-21-22-15-23-28-21)11-10-18(16)14-25-12-6-5-9-20(25)17-7-3-2-4-8-17/h2-4,7-8,10-11,13,15,20H,5-6,9,12,14H2,1H3,(H,22,23,24)/t20-/m1/s1. The first-order chi connectivity index (χ1) is 14.0. The first-order valence-corrected chi connectivity index (χ1v) is 12.0. The van der Waals surface area contributed by atoms with Crippen molar-refractivity contribution in [1.82, 2.24) is 14.3 Å². The number of anilines is 1. The van der Waals surface area contributed by atoms with E-state index in [1.165, 1.54) is 24.7 Å². The fourth-order valence-corrected chi connectivity index (χ4v) is 5.60. The fraction of sp³-hybridized carbons (Fsp3) is 0.333. The van der Waals surface area contributed by atoms with E-state index in [2.05, 4.69) is 49.3 Å². The van der Waals surface area contributed by atoms with Crippen molar-refractivity contribution < 1.29 is 8.42 Å². The molecule has 8 heteroatoms. The number of hydrogen-bond acceptors (Lipinski definition) is 6. The number of nitrogens with one attached hydrogen (secondary N) is 1. The molecule has 4 rings (SSSR count). The van der Waals surface area contributed by atoms with E-state index in [0.717, 1.165) is 42.2 Å². The van der Waals surface area contributed by atoms with Crippen LogP contribution in [0.2, 0.25) is 0 Å². The molecule has 1 aliphatic heterocycles. The summed E-state index contributed by atoms with van der Waals surface area (Å²) in [5.74, 6) is 0. The van der Waals surface area contributed by atoms with Gasteiger partial charge in [0, 0.05) is 24.1 Å². The smallest absolute Gasteiger partial charge is 0.263 e. The molecule has 1 aromatic heterocycles. The van der Waals surface area contributed by atoms with Crippen LogP contribution in [0.5, 0.6) is 0 Å². The quantitative estimate of drug-likeness (QED) is 0.631. The second kappa shape index (κ2) is 8.61. The lowest BCUT2D eigenvalue weighted by atomic mass is 9.94. The zero-order valence-corrected chi connectivity index (χ0v) is 17.9. The summed E-state index contributed by atoms with van der Waals surface area (Å²) in [4.78, 5) is 6.64. The molecular weight excluding hydrogens is 404 g/mol. The number of aryl methyl sites for hydroxylation is 1. The zero-order chi connectivity index (χ0) is 20.3. The minimum Gasteiger partial charge on any atom is -0.292 e. The van der Waals surface area contributed by atoms with E-state index in [1.807, 2.05) is 13.0 Å². The molecule has 2 aromatic carbocycles. The molecule has 1 aliphatic rings. The van der Waals surface area contributed by atoms with Gasteiger partial charge >= 0.3 is 0 Å². The summed E-state index contributed by atoms with van der Waals surface area (Å²) in [6, 6.07) is 16.4. The number of piperidine rings is 1. The summed E-state index contributed by atoms with van der Waals surface area (Å²) in [5.41, 5.74) is 3.48. The van der Waals surface area contributed by atoms with Crippen molar-refractivity contribution in [3.63, 3.8) is 0 Å². The van der Waals surface area contributed by atoms with Crippen molar-refractivity contribution in [3.05, 3.63) is 71.5 Å². The monoisotopic (exact) mass is 428 g/mol. The number of hydrogen-bond donors (Lipinski definition) is 1. The lowest BCUT2D eigenvalue weighted by Gasteiger charge is -2.36. The van der Waals surface area contributed by atoms with Crippen molar-refractivity contribution in [2.75, 3.05) is 11.3 Å². The Morgan fingerprint density at radius 2 is 2.00 bits per heavy atom. The maximum Gasteiger partial charge on any atom is 0.263 e. The van der Waals surface area contributed by atoms with Crippen LogP contribution >= 0.6 is 11.5 Å². The van der Waals surface area contributed by atoms with Crippen LogP contribution in [0.1, 0.15) is 42.0 Å². The van der Waals surface area contributed by atoms with Crippen molar-refractivity contribution in [2.45, 2.75) is 43.7 Å². The first kappa shape index (κ1) is 20.0. The van der Waals surface area contributed by atoms with Crippen LogP contribution in [0.25, 0.3) is 0 Å². The van der Waals surface area contributed by atoms with Crippen LogP contribution in [-0.4, -0.2) is 29.2 Å². The maximum absolute atomic E-state index is 12.6. The Kier molecular flexibility index (Phi) is 5.94. The molecule has 3 aromatic rings. The Morgan fingerprint density at radius 3 is 2.72 bits per heavy atom. The van der Waals surface area contributed by atoms with Gasteiger partial charge in [-0.15, -0.1) is 0 Å². The summed E-state index contributed by atoms with van der Waals surface area (Å²) < 4.78 is 31.5. The summed E-state index contributed by atoms with van der Waals surface area (Å²) >= 11 is 1.02. The molecule has 6 nitrogen and oxygen atoms in total. The van der Waals surface area contributed by atoms with E-state index < -0.39 is 10.0 Å². The Labute approximate surface area is 175 Å². The van der Waals surface area contributed by atoms with E-state index in [-0.39, 0.29) is 10.0 Å². The third-order valence-electron chi connectivity index (χ3n) is 5.38. The SMILES string of the molecule is Cc1cc(S(=O)(=O)Nc2ncns2)ccc1CN1CCCC[C@@H]1c1ccccc1. The van der Waals surface area contributed by atoms with Crippen LogP contribution in [0.4, 0.5) is 5.13 Å². The second-order valence-electron chi connectivity index (χ2n) is 7.33. The molecular formula is C21H24N4O2S2. The molecule has 0 saturated carbocycles. The minimum absolute atomic E-state index is 0.243. The van der Waals surface area contributed by atoms with E-state index in [9.17, 15) is 8.42 Å². The predicted octanol–water partition coefficient (Wildman–Crippen LogP) is 4.37. The van der Waals surface area contributed by atoms with Gasteiger partial charge in [0.2, 0.25) is 5.13 Å². The van der Waals surface area contributed by atoms with Crippen LogP contribution in [0.3, 0.4) is 0 Å². The number of rotatable bonds is 6. The average molecular weight is 429 g/mol. The van der Waals surface area contributed by atoms with Crippen molar-refractivity contribution in [3.8, 4) is 0 Å². The molecule has 0 aliphatic carbocycles. The van der Waals surface area contributed by atoms with E-state index in [4.69, 9.17) is 0 Å². The molecule has 1 fully saturated rings. The molecule has 0 spiro atoms. The van der Waals surface area contributed by atoms with E-state index in [0.29, 0.717) is 6.04 Å². The van der Waals surface area contributed by atoms with Gasteiger partial charge in [-0.2, -0.15) is 4.37 Å². The molecule has 0 bridgehead atoms. The van der Waals surface area contributed by atoms with Gasteiger partial charge < -0.3 is 0 Å².